The molecule has 4 heteroatoms. The van der Waals surface area contributed by atoms with E-state index in [1.807, 2.05) is 0 Å². The number of hydrogen-bond donors (Lipinski definition) is 1. The highest BCUT2D eigenvalue weighted by Crippen LogP contribution is 2.30. The van der Waals surface area contributed by atoms with Crippen molar-refractivity contribution in [3.05, 3.63) is 23.7 Å². The van der Waals surface area contributed by atoms with E-state index in [0.29, 0.717) is 18.1 Å². The zero-order chi connectivity index (χ0) is 13.0. The molecule has 4 nitrogen and oxygen atoms in total. The van der Waals surface area contributed by atoms with Crippen molar-refractivity contribution in [1.82, 2.24) is 0 Å². The van der Waals surface area contributed by atoms with Gasteiger partial charge < -0.3 is 14.3 Å². The van der Waals surface area contributed by atoms with Crippen LogP contribution in [-0.2, 0) is 11.3 Å². The van der Waals surface area contributed by atoms with E-state index in [-0.39, 0.29) is 11.9 Å². The summed E-state index contributed by atoms with van der Waals surface area (Å²) in [6.45, 7) is 2.52. The van der Waals surface area contributed by atoms with Crippen LogP contribution in [0.2, 0.25) is 0 Å². The molecule has 2 unspecified atom stereocenters. The highest BCUT2D eigenvalue weighted by Gasteiger charge is 2.25. The minimum Gasteiger partial charge on any atom is -0.475 e. The van der Waals surface area contributed by atoms with E-state index < -0.39 is 5.97 Å². The standard InChI is InChI=1S/C14H20O4/c1-2-10-5-3-4-6-12(10)18-9-11-7-8-17-13(11)14(15)16/h7-8,10,12H,2-6,9H2,1H3,(H,15,16). The Hall–Kier alpha value is -1.29. The Labute approximate surface area is 107 Å². The molecular formula is C14H20O4. The summed E-state index contributed by atoms with van der Waals surface area (Å²) in [7, 11) is 0. The zero-order valence-corrected chi connectivity index (χ0v) is 10.7. The fraction of sp³-hybridized carbons (Fsp3) is 0.643. The molecule has 18 heavy (non-hydrogen) atoms. The second-order valence-corrected chi connectivity index (χ2v) is 4.88. The summed E-state index contributed by atoms with van der Waals surface area (Å²) >= 11 is 0. The highest BCUT2D eigenvalue weighted by molar-refractivity contribution is 5.85. The Balaban J connectivity index is 1.93. The second kappa shape index (κ2) is 6.05. The van der Waals surface area contributed by atoms with Crippen molar-refractivity contribution < 1.29 is 19.1 Å². The largest absolute Gasteiger partial charge is 0.475 e. The Morgan fingerprint density at radius 3 is 3.00 bits per heavy atom. The normalized spacial score (nSPS) is 24.1. The molecule has 1 aromatic rings. The van der Waals surface area contributed by atoms with Crippen LogP contribution < -0.4 is 0 Å². The first-order valence-electron chi connectivity index (χ1n) is 6.63. The van der Waals surface area contributed by atoms with Gasteiger partial charge in [-0.15, -0.1) is 0 Å². The van der Waals surface area contributed by atoms with E-state index in [4.69, 9.17) is 14.3 Å². The number of aromatic carboxylic acids is 1. The van der Waals surface area contributed by atoms with E-state index in [1.165, 1.54) is 25.5 Å². The van der Waals surface area contributed by atoms with Gasteiger partial charge in [0.1, 0.15) is 0 Å². The van der Waals surface area contributed by atoms with Crippen LogP contribution in [0.25, 0.3) is 0 Å². The van der Waals surface area contributed by atoms with Gasteiger partial charge in [-0.3, -0.25) is 0 Å². The molecule has 100 valence electrons. The van der Waals surface area contributed by atoms with Gasteiger partial charge in [-0.05, 0) is 24.8 Å². The number of ether oxygens (including phenoxy) is 1. The smallest absolute Gasteiger partial charge is 0.372 e. The maximum Gasteiger partial charge on any atom is 0.372 e. The number of rotatable bonds is 5. The molecule has 1 aliphatic rings. The zero-order valence-electron chi connectivity index (χ0n) is 10.7. The fourth-order valence-electron chi connectivity index (χ4n) is 2.69. The predicted molar refractivity (Wildman–Crippen MR) is 66.5 cm³/mol. The van der Waals surface area contributed by atoms with Crippen LogP contribution in [0.15, 0.2) is 16.7 Å². The van der Waals surface area contributed by atoms with Crippen molar-refractivity contribution in [1.29, 1.82) is 0 Å². The van der Waals surface area contributed by atoms with Gasteiger partial charge >= 0.3 is 5.97 Å². The van der Waals surface area contributed by atoms with E-state index in [2.05, 4.69) is 6.92 Å². The molecule has 0 saturated heterocycles. The van der Waals surface area contributed by atoms with Crippen LogP contribution >= 0.6 is 0 Å². The average molecular weight is 252 g/mol. The van der Waals surface area contributed by atoms with Gasteiger partial charge in [0.15, 0.2) is 0 Å². The third-order valence-corrected chi connectivity index (χ3v) is 3.76. The maximum atomic E-state index is 10.9. The molecular weight excluding hydrogens is 232 g/mol. The summed E-state index contributed by atoms with van der Waals surface area (Å²) < 4.78 is 10.8. The number of carboxylic acids is 1. The van der Waals surface area contributed by atoms with Gasteiger partial charge in [-0.25, -0.2) is 4.79 Å². The summed E-state index contributed by atoms with van der Waals surface area (Å²) in [4.78, 5) is 10.9. The lowest BCUT2D eigenvalue weighted by Crippen LogP contribution is -2.27. The monoisotopic (exact) mass is 252 g/mol. The topological polar surface area (TPSA) is 59.7 Å². The van der Waals surface area contributed by atoms with Crippen molar-refractivity contribution in [2.24, 2.45) is 5.92 Å². The second-order valence-electron chi connectivity index (χ2n) is 4.88. The quantitative estimate of drug-likeness (QED) is 0.871. The Kier molecular flexibility index (Phi) is 4.42. The van der Waals surface area contributed by atoms with Crippen LogP contribution in [0.4, 0.5) is 0 Å². The minimum atomic E-state index is -1.03. The molecule has 0 amide bonds. The number of carboxylic acid groups (broad SMARTS) is 1. The SMILES string of the molecule is CCC1CCCCC1OCc1ccoc1C(=O)O. The first kappa shape index (κ1) is 13.1. The van der Waals surface area contributed by atoms with Crippen LogP contribution in [0.3, 0.4) is 0 Å². The van der Waals surface area contributed by atoms with Crippen molar-refractivity contribution in [3.8, 4) is 0 Å². The van der Waals surface area contributed by atoms with E-state index in [1.54, 1.807) is 6.07 Å². The minimum absolute atomic E-state index is 0.00106. The molecule has 1 fully saturated rings. The Morgan fingerprint density at radius 1 is 1.50 bits per heavy atom. The van der Waals surface area contributed by atoms with Gasteiger partial charge in [0.25, 0.3) is 0 Å². The summed E-state index contributed by atoms with van der Waals surface area (Å²) in [5.41, 5.74) is 0.628. The molecule has 0 spiro atoms. The summed E-state index contributed by atoms with van der Waals surface area (Å²) in [5, 5.41) is 8.94. The lowest BCUT2D eigenvalue weighted by Gasteiger charge is -2.30. The molecule has 0 aromatic carbocycles. The first-order valence-corrected chi connectivity index (χ1v) is 6.63. The van der Waals surface area contributed by atoms with Gasteiger partial charge in [0, 0.05) is 5.56 Å². The van der Waals surface area contributed by atoms with Crippen molar-refractivity contribution >= 4 is 5.97 Å². The average Bonchev–Trinajstić information content (AvgIpc) is 2.85. The Morgan fingerprint density at radius 2 is 2.28 bits per heavy atom. The van der Waals surface area contributed by atoms with Gasteiger partial charge in [-0.2, -0.15) is 0 Å². The summed E-state index contributed by atoms with van der Waals surface area (Å²) in [6.07, 6.45) is 7.59. The van der Waals surface area contributed by atoms with Crippen molar-refractivity contribution in [2.75, 3.05) is 0 Å². The summed E-state index contributed by atoms with van der Waals surface area (Å²) in [5.74, 6) is -0.424. The van der Waals surface area contributed by atoms with Crippen molar-refractivity contribution in [2.45, 2.75) is 51.7 Å². The first-order chi connectivity index (χ1) is 8.72. The third-order valence-electron chi connectivity index (χ3n) is 3.76. The van der Waals surface area contributed by atoms with Gasteiger partial charge in [-0.1, -0.05) is 26.2 Å². The molecule has 2 rings (SSSR count). The lowest BCUT2D eigenvalue weighted by molar-refractivity contribution is -0.0227. The third kappa shape index (κ3) is 2.93. The van der Waals surface area contributed by atoms with E-state index >= 15 is 0 Å². The molecule has 1 aliphatic carbocycles. The van der Waals surface area contributed by atoms with E-state index in [9.17, 15) is 4.79 Å². The molecule has 0 aliphatic heterocycles. The molecule has 2 atom stereocenters. The van der Waals surface area contributed by atoms with Crippen molar-refractivity contribution in [3.63, 3.8) is 0 Å². The number of carbonyl (C=O) groups is 1. The van der Waals surface area contributed by atoms with Gasteiger partial charge in [0.2, 0.25) is 5.76 Å². The molecule has 1 N–H and O–H groups in total. The molecule has 0 radical (unpaired) electrons. The fourth-order valence-corrected chi connectivity index (χ4v) is 2.69. The van der Waals surface area contributed by atoms with Gasteiger partial charge in [0.05, 0.1) is 19.0 Å². The van der Waals surface area contributed by atoms with Crippen LogP contribution in [0.5, 0.6) is 0 Å². The lowest BCUT2D eigenvalue weighted by atomic mass is 9.85. The molecule has 1 heterocycles. The predicted octanol–water partition coefficient (Wildman–Crippen LogP) is 3.46. The molecule has 1 saturated carbocycles. The number of hydrogen-bond acceptors (Lipinski definition) is 3. The molecule has 0 bridgehead atoms. The molecule has 1 aromatic heterocycles. The van der Waals surface area contributed by atoms with Crippen LogP contribution in [-0.4, -0.2) is 17.2 Å². The number of furan rings is 1. The van der Waals surface area contributed by atoms with E-state index in [0.717, 1.165) is 12.8 Å². The Bertz CT molecular complexity index is 396. The van der Waals surface area contributed by atoms with Crippen LogP contribution in [0.1, 0.15) is 55.1 Å². The highest BCUT2D eigenvalue weighted by atomic mass is 16.5. The van der Waals surface area contributed by atoms with Crippen LogP contribution in [0, 0.1) is 5.92 Å². The maximum absolute atomic E-state index is 10.9. The summed E-state index contributed by atoms with van der Waals surface area (Å²) in [6, 6.07) is 1.67.